The van der Waals surface area contributed by atoms with Crippen LogP contribution in [0.1, 0.15) is 56.0 Å². The van der Waals surface area contributed by atoms with E-state index in [2.05, 4.69) is 20.8 Å². The summed E-state index contributed by atoms with van der Waals surface area (Å²) in [6.07, 6.45) is 2.34. The van der Waals surface area contributed by atoms with Crippen molar-refractivity contribution < 1.29 is 14.3 Å². The first-order valence-electron chi connectivity index (χ1n) is 7.52. The molecule has 0 aromatic heterocycles. The van der Waals surface area contributed by atoms with Crippen LogP contribution in [0.15, 0.2) is 29.8 Å². The van der Waals surface area contributed by atoms with Gasteiger partial charge in [0.2, 0.25) is 11.6 Å². The molecule has 1 aliphatic carbocycles. The highest BCUT2D eigenvalue weighted by Gasteiger charge is 2.41. The Morgan fingerprint density at radius 3 is 2.48 bits per heavy atom. The number of rotatable bonds is 2. The molecule has 1 aromatic carbocycles. The van der Waals surface area contributed by atoms with Gasteiger partial charge in [-0.3, -0.25) is 9.59 Å². The first-order chi connectivity index (χ1) is 9.91. The van der Waals surface area contributed by atoms with Gasteiger partial charge in [0.1, 0.15) is 11.4 Å². The Bertz CT molecular complexity index is 654. The number of hydrogen-bond acceptors (Lipinski definition) is 3. The summed E-state index contributed by atoms with van der Waals surface area (Å²) in [7, 11) is 0. The van der Waals surface area contributed by atoms with E-state index >= 15 is 0 Å². The van der Waals surface area contributed by atoms with Gasteiger partial charge in [-0.15, -0.1) is 0 Å². The molecule has 0 N–H and O–H groups in total. The molecule has 0 fully saturated rings. The zero-order valence-electron chi connectivity index (χ0n) is 12.7. The molecule has 3 nitrogen and oxygen atoms in total. The number of hydrogen-bond donors (Lipinski definition) is 0. The maximum Gasteiger partial charge on any atom is 0.234 e. The molecular weight excluding hydrogens is 264 g/mol. The minimum absolute atomic E-state index is 0.263. The number of allylic oxidation sites excluding steroid dienone is 1. The van der Waals surface area contributed by atoms with Crippen molar-refractivity contribution in [2.75, 3.05) is 0 Å². The summed E-state index contributed by atoms with van der Waals surface area (Å²) < 4.78 is 6.24. The molecule has 2 aliphatic rings. The summed E-state index contributed by atoms with van der Waals surface area (Å²) in [5.41, 5.74) is 1.53. The zero-order chi connectivity index (χ0) is 15.2. The molecule has 1 atom stereocenters. The van der Waals surface area contributed by atoms with E-state index < -0.39 is 11.6 Å². The average molecular weight is 284 g/mol. The molecule has 1 heterocycles. The summed E-state index contributed by atoms with van der Waals surface area (Å²) >= 11 is 0. The second kappa shape index (κ2) is 4.83. The van der Waals surface area contributed by atoms with Crippen LogP contribution in [-0.4, -0.2) is 17.2 Å². The molecule has 0 radical (unpaired) electrons. The Kier molecular flexibility index (Phi) is 3.23. The number of Topliss-reactive ketones (excluding diaryl/α,β-unsaturated/α-hetero) is 2. The van der Waals surface area contributed by atoms with E-state index in [9.17, 15) is 9.59 Å². The number of fused-ring (bicyclic) bond motifs is 2. The fraction of sp³-hybridized carbons (Fsp3) is 0.444. The average Bonchev–Trinajstić information content (AvgIpc) is 2.43. The maximum atomic E-state index is 12.3. The van der Waals surface area contributed by atoms with Gasteiger partial charge < -0.3 is 4.74 Å². The van der Waals surface area contributed by atoms with Gasteiger partial charge >= 0.3 is 0 Å². The van der Waals surface area contributed by atoms with Crippen LogP contribution in [0.2, 0.25) is 0 Å². The van der Waals surface area contributed by atoms with Gasteiger partial charge in [0.25, 0.3) is 0 Å². The van der Waals surface area contributed by atoms with Crippen molar-refractivity contribution in [3.8, 4) is 0 Å². The van der Waals surface area contributed by atoms with Gasteiger partial charge in [-0.1, -0.05) is 38.1 Å². The Hall–Kier alpha value is -1.90. The van der Waals surface area contributed by atoms with Gasteiger partial charge in [0.05, 0.1) is 0 Å². The Balaban J connectivity index is 2.07. The molecule has 3 rings (SSSR count). The van der Waals surface area contributed by atoms with E-state index in [1.165, 1.54) is 0 Å². The second-order valence-corrected chi connectivity index (χ2v) is 6.66. The van der Waals surface area contributed by atoms with Crippen LogP contribution in [0.3, 0.4) is 0 Å². The molecule has 21 heavy (non-hydrogen) atoms. The number of ether oxygens (including phenoxy) is 1. The molecule has 0 spiro atoms. The van der Waals surface area contributed by atoms with Crippen molar-refractivity contribution in [1.29, 1.82) is 0 Å². The third kappa shape index (κ3) is 2.31. The summed E-state index contributed by atoms with van der Waals surface area (Å²) in [5, 5.41) is 0. The molecule has 110 valence electrons. The van der Waals surface area contributed by atoms with E-state index in [0.717, 1.165) is 18.4 Å². The molecule has 1 aromatic rings. The number of benzene rings is 1. The lowest BCUT2D eigenvalue weighted by molar-refractivity contribution is -0.112. The molecule has 0 saturated carbocycles. The maximum absolute atomic E-state index is 12.3. The lowest BCUT2D eigenvalue weighted by Gasteiger charge is -2.39. The predicted octanol–water partition coefficient (Wildman–Crippen LogP) is 3.78. The van der Waals surface area contributed by atoms with Crippen molar-refractivity contribution in [3.63, 3.8) is 0 Å². The van der Waals surface area contributed by atoms with Crippen molar-refractivity contribution in [2.45, 2.75) is 45.6 Å². The minimum Gasteiger partial charge on any atom is -0.486 e. The normalized spacial score (nSPS) is 24.8. The summed E-state index contributed by atoms with van der Waals surface area (Å²) in [6, 6.07) is 7.24. The van der Waals surface area contributed by atoms with Crippen molar-refractivity contribution in [3.05, 3.63) is 41.0 Å². The van der Waals surface area contributed by atoms with Crippen LogP contribution < -0.4 is 0 Å². The molecule has 1 unspecified atom stereocenters. The smallest absolute Gasteiger partial charge is 0.234 e. The van der Waals surface area contributed by atoms with Crippen molar-refractivity contribution in [2.24, 2.45) is 5.92 Å². The van der Waals surface area contributed by atoms with Gasteiger partial charge in [0.15, 0.2) is 0 Å². The highest BCUT2D eigenvalue weighted by Crippen LogP contribution is 2.43. The van der Waals surface area contributed by atoms with Crippen molar-refractivity contribution >= 4 is 17.3 Å². The highest BCUT2D eigenvalue weighted by molar-refractivity contribution is 6.52. The lowest BCUT2D eigenvalue weighted by Crippen LogP contribution is -2.37. The first-order valence-corrected chi connectivity index (χ1v) is 7.52. The Labute approximate surface area is 125 Å². The van der Waals surface area contributed by atoms with Crippen LogP contribution in [0.5, 0.6) is 0 Å². The molecule has 1 aliphatic heterocycles. The number of carbonyl (C=O) groups excluding carboxylic acids is 2. The van der Waals surface area contributed by atoms with Crippen LogP contribution in [0.25, 0.3) is 5.76 Å². The zero-order valence-corrected chi connectivity index (χ0v) is 12.7. The third-order valence-corrected chi connectivity index (χ3v) is 4.26. The SMILES string of the molecule is CC(C)CC1(C)CCC2=C(O1)c1ccccc1C(=O)C2=O. The van der Waals surface area contributed by atoms with Crippen molar-refractivity contribution in [1.82, 2.24) is 0 Å². The first kappa shape index (κ1) is 14.1. The molecule has 0 amide bonds. The minimum atomic E-state index is -0.402. The van der Waals surface area contributed by atoms with Crippen LogP contribution in [-0.2, 0) is 9.53 Å². The lowest BCUT2D eigenvalue weighted by atomic mass is 9.80. The van der Waals surface area contributed by atoms with E-state index in [1.54, 1.807) is 12.1 Å². The molecule has 3 heteroatoms. The summed E-state index contributed by atoms with van der Waals surface area (Å²) in [5.74, 6) is 0.355. The molecule has 0 saturated heterocycles. The van der Waals surface area contributed by atoms with Gasteiger partial charge in [-0.25, -0.2) is 0 Å². The third-order valence-electron chi connectivity index (χ3n) is 4.26. The fourth-order valence-corrected chi connectivity index (χ4v) is 3.44. The van der Waals surface area contributed by atoms with Crippen LogP contribution >= 0.6 is 0 Å². The van der Waals surface area contributed by atoms with E-state index in [0.29, 0.717) is 29.2 Å². The quantitative estimate of drug-likeness (QED) is 0.776. The van der Waals surface area contributed by atoms with Gasteiger partial charge in [-0.2, -0.15) is 0 Å². The highest BCUT2D eigenvalue weighted by atomic mass is 16.5. The van der Waals surface area contributed by atoms with Gasteiger partial charge in [0, 0.05) is 16.7 Å². The van der Waals surface area contributed by atoms with Crippen LogP contribution in [0, 0.1) is 5.92 Å². The molecule has 0 bridgehead atoms. The largest absolute Gasteiger partial charge is 0.486 e. The number of ketones is 2. The standard InChI is InChI=1S/C18H20O3/c1-11(2)10-18(3)9-8-14-16(20)15(19)12-6-4-5-7-13(12)17(14)21-18/h4-7,11H,8-10H2,1-3H3. The Morgan fingerprint density at radius 2 is 1.81 bits per heavy atom. The molecular formula is C18H20O3. The topological polar surface area (TPSA) is 43.4 Å². The van der Waals surface area contributed by atoms with E-state index in [-0.39, 0.29) is 5.60 Å². The van der Waals surface area contributed by atoms with E-state index in [1.807, 2.05) is 12.1 Å². The Morgan fingerprint density at radius 1 is 1.14 bits per heavy atom. The van der Waals surface area contributed by atoms with Crippen LogP contribution in [0.4, 0.5) is 0 Å². The van der Waals surface area contributed by atoms with Gasteiger partial charge in [-0.05, 0) is 32.1 Å². The second-order valence-electron chi connectivity index (χ2n) is 6.66. The predicted molar refractivity (Wildman–Crippen MR) is 80.9 cm³/mol. The van der Waals surface area contributed by atoms with E-state index in [4.69, 9.17) is 4.74 Å². The monoisotopic (exact) mass is 284 g/mol. The number of carbonyl (C=O) groups is 2. The fourth-order valence-electron chi connectivity index (χ4n) is 3.44. The summed E-state index contributed by atoms with van der Waals surface area (Å²) in [6.45, 7) is 6.43. The summed E-state index contributed by atoms with van der Waals surface area (Å²) in [4.78, 5) is 24.4.